The monoisotopic (exact) mass is 603 g/mol. The van der Waals surface area contributed by atoms with E-state index in [4.69, 9.17) is 5.73 Å². The first kappa shape index (κ1) is 34.2. The minimum absolute atomic E-state index is 0.0659. The van der Waals surface area contributed by atoms with Crippen molar-refractivity contribution in [3.8, 4) is 0 Å². The van der Waals surface area contributed by atoms with E-state index in [-0.39, 0.29) is 37.1 Å². The van der Waals surface area contributed by atoms with Gasteiger partial charge in [0.25, 0.3) is 0 Å². The Balaban J connectivity index is 0.000000395. The predicted molar refractivity (Wildman–Crippen MR) is 159 cm³/mol. The zero-order valence-electron chi connectivity index (χ0n) is 24.4. The molecule has 0 saturated carbocycles. The molecule has 0 radical (unpaired) electrons. The molecule has 4 atom stereocenters. The van der Waals surface area contributed by atoms with E-state index in [1.54, 1.807) is 19.0 Å². The number of carbonyl (C=O) groups is 4. The van der Waals surface area contributed by atoms with Crippen LogP contribution in [0.4, 0.5) is 4.79 Å². The first-order chi connectivity index (χ1) is 19.7. The Kier molecular flexibility index (Phi) is 12.9. The summed E-state index contributed by atoms with van der Waals surface area (Å²) in [4.78, 5) is 50.9. The van der Waals surface area contributed by atoms with Crippen LogP contribution in [0.25, 0.3) is 0 Å². The highest BCUT2D eigenvalue weighted by Crippen LogP contribution is 2.32. The van der Waals surface area contributed by atoms with Crippen molar-refractivity contribution in [3.63, 3.8) is 0 Å². The van der Waals surface area contributed by atoms with E-state index in [0.29, 0.717) is 6.54 Å². The number of carboxylic acid groups (broad SMARTS) is 1. The lowest BCUT2D eigenvalue weighted by molar-refractivity contribution is -0.149. The quantitative estimate of drug-likeness (QED) is 0.313. The van der Waals surface area contributed by atoms with Crippen molar-refractivity contribution in [2.24, 2.45) is 5.73 Å². The van der Waals surface area contributed by atoms with Crippen LogP contribution < -0.4 is 16.4 Å². The van der Waals surface area contributed by atoms with E-state index in [0.717, 1.165) is 17.4 Å². The molecule has 2 aromatic rings. The van der Waals surface area contributed by atoms with Crippen LogP contribution >= 0.6 is 0 Å². The third-order valence-electron chi connectivity index (χ3n) is 6.77. The van der Waals surface area contributed by atoms with E-state index in [1.807, 2.05) is 60.7 Å². The SMILES string of the molecule is CC(N)C(=O)NC(CCS(C)(=O)=O)C(=O)N1CC(c2ccccc2)CC1C(=O)O.CNC(=O)N(C)Cc1ccccc1. The van der Waals surface area contributed by atoms with E-state index in [2.05, 4.69) is 10.6 Å². The molecule has 42 heavy (non-hydrogen) atoms. The van der Waals surface area contributed by atoms with Crippen LogP contribution in [0.5, 0.6) is 0 Å². The summed E-state index contributed by atoms with van der Waals surface area (Å²) in [6.07, 6.45) is 1.11. The summed E-state index contributed by atoms with van der Waals surface area (Å²) in [6, 6.07) is 16.0. The number of hydrogen-bond donors (Lipinski definition) is 4. The van der Waals surface area contributed by atoms with Crippen LogP contribution in [0.2, 0.25) is 0 Å². The number of sulfone groups is 1. The van der Waals surface area contributed by atoms with E-state index < -0.39 is 45.7 Å². The Hall–Kier alpha value is -3.97. The van der Waals surface area contributed by atoms with Crippen LogP contribution in [-0.4, -0.2) is 97.9 Å². The summed E-state index contributed by atoms with van der Waals surface area (Å²) in [5.74, 6) is -2.86. The summed E-state index contributed by atoms with van der Waals surface area (Å²) < 4.78 is 23.1. The van der Waals surface area contributed by atoms with Crippen molar-refractivity contribution in [1.29, 1.82) is 0 Å². The number of carbonyl (C=O) groups excluding carboxylic acids is 3. The van der Waals surface area contributed by atoms with Gasteiger partial charge in [-0.1, -0.05) is 60.7 Å². The zero-order chi connectivity index (χ0) is 31.4. The summed E-state index contributed by atoms with van der Waals surface area (Å²) in [7, 11) is 0.0130. The molecule has 0 bridgehead atoms. The van der Waals surface area contributed by atoms with Gasteiger partial charge in [0.15, 0.2) is 0 Å². The van der Waals surface area contributed by atoms with Crippen LogP contribution in [-0.2, 0) is 30.8 Å². The number of carboxylic acids is 1. The molecule has 0 aromatic heterocycles. The van der Waals surface area contributed by atoms with Gasteiger partial charge in [-0.2, -0.15) is 0 Å². The molecule has 0 aliphatic carbocycles. The second kappa shape index (κ2) is 15.9. The van der Waals surface area contributed by atoms with Crippen molar-refractivity contribution in [2.45, 2.75) is 50.4 Å². The fraction of sp³-hybridized carbons (Fsp3) is 0.448. The molecular weight excluding hydrogens is 562 g/mol. The number of aliphatic carboxylic acids is 1. The molecule has 1 fully saturated rings. The number of likely N-dealkylation sites (tertiary alicyclic amines) is 1. The number of benzene rings is 2. The van der Waals surface area contributed by atoms with E-state index in [9.17, 15) is 32.7 Å². The van der Waals surface area contributed by atoms with Gasteiger partial charge in [0.05, 0.1) is 11.8 Å². The molecule has 3 rings (SSSR count). The van der Waals surface area contributed by atoms with Gasteiger partial charge in [-0.25, -0.2) is 18.0 Å². The molecule has 2 aromatic carbocycles. The number of urea groups is 1. The maximum absolute atomic E-state index is 13.1. The number of nitrogens with one attached hydrogen (secondary N) is 2. The highest BCUT2D eigenvalue weighted by Gasteiger charge is 2.42. The second-order valence-corrected chi connectivity index (χ2v) is 12.6. The Morgan fingerprint density at radius 2 is 1.64 bits per heavy atom. The lowest BCUT2D eigenvalue weighted by Gasteiger charge is -2.27. The molecule has 1 saturated heterocycles. The van der Waals surface area contributed by atoms with Gasteiger partial charge < -0.3 is 31.3 Å². The number of hydrogen-bond acceptors (Lipinski definition) is 7. The molecule has 5 N–H and O–H groups in total. The maximum Gasteiger partial charge on any atom is 0.326 e. The normalized spacial score (nSPS) is 17.7. The summed E-state index contributed by atoms with van der Waals surface area (Å²) in [6.45, 7) is 2.25. The number of nitrogens with zero attached hydrogens (tertiary/aromatic N) is 2. The number of rotatable bonds is 10. The Labute approximate surface area is 247 Å². The smallest absolute Gasteiger partial charge is 0.326 e. The third-order valence-corrected chi connectivity index (χ3v) is 7.75. The fourth-order valence-electron chi connectivity index (χ4n) is 4.49. The lowest BCUT2D eigenvalue weighted by Crippen LogP contribution is -2.54. The molecule has 4 unspecified atom stereocenters. The maximum atomic E-state index is 13.1. The fourth-order valence-corrected chi connectivity index (χ4v) is 5.16. The topological polar surface area (TPSA) is 179 Å². The molecule has 1 aliphatic rings. The van der Waals surface area contributed by atoms with Crippen molar-refractivity contribution >= 4 is 33.7 Å². The zero-order valence-corrected chi connectivity index (χ0v) is 25.2. The molecule has 1 aliphatic heterocycles. The first-order valence-corrected chi connectivity index (χ1v) is 15.6. The van der Waals surface area contributed by atoms with Crippen LogP contribution in [0.3, 0.4) is 0 Å². The van der Waals surface area contributed by atoms with Gasteiger partial charge in [-0.15, -0.1) is 0 Å². The van der Waals surface area contributed by atoms with Gasteiger partial charge in [0.1, 0.15) is 21.9 Å². The van der Waals surface area contributed by atoms with Crippen LogP contribution in [0, 0.1) is 0 Å². The summed E-state index contributed by atoms with van der Waals surface area (Å²) in [5, 5.41) is 14.7. The number of amides is 4. The molecule has 1 heterocycles. The Morgan fingerprint density at radius 3 is 2.14 bits per heavy atom. The largest absolute Gasteiger partial charge is 0.480 e. The molecular formula is C29H41N5O7S. The van der Waals surface area contributed by atoms with Crippen LogP contribution in [0.15, 0.2) is 60.7 Å². The van der Waals surface area contributed by atoms with E-state index in [1.165, 1.54) is 11.8 Å². The Morgan fingerprint density at radius 1 is 1.07 bits per heavy atom. The van der Waals surface area contributed by atoms with Crippen LogP contribution in [0.1, 0.15) is 36.8 Å². The molecule has 230 valence electrons. The molecule has 12 nitrogen and oxygen atoms in total. The van der Waals surface area contributed by atoms with Gasteiger partial charge in [-0.3, -0.25) is 9.59 Å². The molecule has 13 heteroatoms. The van der Waals surface area contributed by atoms with Crippen molar-refractivity contribution in [2.75, 3.05) is 32.6 Å². The van der Waals surface area contributed by atoms with Crippen molar-refractivity contribution < 1.29 is 32.7 Å². The first-order valence-electron chi connectivity index (χ1n) is 13.5. The highest BCUT2D eigenvalue weighted by molar-refractivity contribution is 7.90. The third kappa shape index (κ3) is 10.8. The van der Waals surface area contributed by atoms with Gasteiger partial charge >= 0.3 is 12.0 Å². The number of nitrogens with two attached hydrogens (primary N) is 1. The minimum Gasteiger partial charge on any atom is -0.480 e. The van der Waals surface area contributed by atoms with Gasteiger partial charge in [0.2, 0.25) is 11.8 Å². The van der Waals surface area contributed by atoms with E-state index >= 15 is 0 Å². The summed E-state index contributed by atoms with van der Waals surface area (Å²) in [5.41, 5.74) is 7.59. The van der Waals surface area contributed by atoms with Gasteiger partial charge in [-0.05, 0) is 30.9 Å². The predicted octanol–water partition coefficient (Wildman–Crippen LogP) is 1.18. The average Bonchev–Trinajstić information content (AvgIpc) is 3.41. The van der Waals surface area contributed by atoms with Gasteiger partial charge in [0, 0.05) is 39.4 Å². The Bertz CT molecular complexity index is 1310. The minimum atomic E-state index is -3.39. The standard InChI is InChI=1S/C19H27N3O6S.C10H14N2O/c1-12(20)17(23)21-15(8-9-29(2,27)28)18(24)22-11-14(10-16(22)19(25)26)13-6-4-3-5-7-13;1-11-10(13)12(2)8-9-6-4-3-5-7-9/h3-7,12,14-16H,8-11,20H2,1-2H3,(H,21,23)(H,25,26);3-7H,8H2,1-2H3,(H,11,13). The molecule has 0 spiro atoms. The van der Waals surface area contributed by atoms with Crippen molar-refractivity contribution in [3.05, 3.63) is 71.8 Å². The molecule has 4 amide bonds. The lowest BCUT2D eigenvalue weighted by atomic mass is 9.96. The van der Waals surface area contributed by atoms with Crippen molar-refractivity contribution in [1.82, 2.24) is 20.4 Å². The second-order valence-electron chi connectivity index (χ2n) is 10.4. The summed E-state index contributed by atoms with van der Waals surface area (Å²) >= 11 is 0. The highest BCUT2D eigenvalue weighted by atomic mass is 32.2. The average molecular weight is 604 g/mol.